The Bertz CT molecular complexity index is 652. The maximum atomic E-state index is 11.8. The third kappa shape index (κ3) is 2.65. The third-order valence-corrected chi connectivity index (χ3v) is 2.94. The summed E-state index contributed by atoms with van der Waals surface area (Å²) in [5.41, 5.74) is 0.311. The first-order valence-electron chi connectivity index (χ1n) is 5.12. The van der Waals surface area contributed by atoms with Crippen LogP contribution in [0.3, 0.4) is 0 Å². The number of aromatic nitrogens is 2. The number of halogens is 1. The molecule has 0 aliphatic heterocycles. The Morgan fingerprint density at radius 1 is 1.33 bits per heavy atom. The lowest BCUT2D eigenvalue weighted by atomic mass is 10.3. The van der Waals surface area contributed by atoms with Crippen LogP contribution in [0.25, 0.3) is 0 Å². The molecule has 2 heterocycles. The van der Waals surface area contributed by atoms with Crippen molar-refractivity contribution >= 4 is 21.9 Å². The van der Waals surface area contributed by atoms with Crippen LogP contribution in [-0.2, 0) is 6.54 Å². The van der Waals surface area contributed by atoms with E-state index in [1.54, 1.807) is 30.5 Å². The van der Waals surface area contributed by atoms with Crippen LogP contribution in [0.4, 0.5) is 0 Å². The Morgan fingerprint density at radius 3 is 2.83 bits per heavy atom. The number of pyridine rings is 2. The van der Waals surface area contributed by atoms with E-state index >= 15 is 0 Å². The smallest absolute Gasteiger partial charge is 0.354 e. The zero-order chi connectivity index (χ0) is 13.1. The van der Waals surface area contributed by atoms with Crippen molar-refractivity contribution in [1.29, 1.82) is 0 Å². The number of carboxylic acid groups (broad SMARTS) is 1. The molecular formula is C12H9BrN2O3. The zero-order valence-corrected chi connectivity index (χ0v) is 10.8. The Hall–Kier alpha value is -1.95. The summed E-state index contributed by atoms with van der Waals surface area (Å²) in [5.74, 6) is -1.08. The quantitative estimate of drug-likeness (QED) is 0.937. The Balaban J connectivity index is 2.34. The van der Waals surface area contributed by atoms with Crippen molar-refractivity contribution in [1.82, 2.24) is 9.55 Å². The van der Waals surface area contributed by atoms with Crippen LogP contribution in [0.15, 0.2) is 45.8 Å². The van der Waals surface area contributed by atoms with Gasteiger partial charge >= 0.3 is 5.97 Å². The Morgan fingerprint density at radius 2 is 2.11 bits per heavy atom. The van der Waals surface area contributed by atoms with E-state index in [1.807, 2.05) is 0 Å². The van der Waals surface area contributed by atoms with Crippen LogP contribution < -0.4 is 5.56 Å². The summed E-state index contributed by atoms with van der Waals surface area (Å²) < 4.78 is 1.91. The SMILES string of the molecule is O=C(O)c1cccc(Cn2cccc(Br)c2=O)n1. The molecule has 0 aliphatic rings. The minimum Gasteiger partial charge on any atom is -0.477 e. The molecule has 0 atom stereocenters. The summed E-state index contributed by atoms with van der Waals surface area (Å²) in [5, 5.41) is 8.84. The number of carboxylic acids is 1. The summed E-state index contributed by atoms with van der Waals surface area (Å²) >= 11 is 3.15. The first-order valence-corrected chi connectivity index (χ1v) is 5.91. The van der Waals surface area contributed by atoms with Gasteiger partial charge in [-0.3, -0.25) is 4.79 Å². The van der Waals surface area contributed by atoms with Crippen LogP contribution in [0, 0.1) is 0 Å². The fourth-order valence-corrected chi connectivity index (χ4v) is 1.87. The number of hydrogen-bond acceptors (Lipinski definition) is 3. The lowest BCUT2D eigenvalue weighted by molar-refractivity contribution is 0.0690. The fraction of sp³-hybridized carbons (Fsp3) is 0.0833. The van der Waals surface area contributed by atoms with Crippen LogP contribution in [0.1, 0.15) is 16.2 Å². The molecule has 1 N–H and O–H groups in total. The van der Waals surface area contributed by atoms with Crippen molar-refractivity contribution in [3.8, 4) is 0 Å². The molecule has 0 spiro atoms. The summed E-state index contributed by atoms with van der Waals surface area (Å²) in [4.78, 5) is 26.5. The average molecular weight is 309 g/mol. The van der Waals surface area contributed by atoms with Crippen LogP contribution >= 0.6 is 15.9 Å². The van der Waals surface area contributed by atoms with Gasteiger partial charge in [0, 0.05) is 6.20 Å². The number of hydrogen-bond donors (Lipinski definition) is 1. The second kappa shape index (κ2) is 5.14. The van der Waals surface area contributed by atoms with E-state index < -0.39 is 5.97 Å². The first-order chi connectivity index (χ1) is 8.58. The predicted octanol–water partition coefficient (Wildman–Crippen LogP) is 1.75. The van der Waals surface area contributed by atoms with E-state index in [1.165, 1.54) is 10.6 Å². The molecule has 0 bridgehead atoms. The molecule has 2 aromatic rings. The van der Waals surface area contributed by atoms with E-state index in [0.717, 1.165) is 0 Å². The van der Waals surface area contributed by atoms with Gasteiger partial charge in [0.25, 0.3) is 5.56 Å². The summed E-state index contributed by atoms with van der Waals surface area (Å²) in [6.45, 7) is 0.236. The third-order valence-electron chi connectivity index (χ3n) is 2.33. The number of nitrogens with zero attached hydrogens (tertiary/aromatic N) is 2. The van der Waals surface area contributed by atoms with Crippen LogP contribution in [0.2, 0.25) is 0 Å². The van der Waals surface area contributed by atoms with E-state index in [0.29, 0.717) is 10.2 Å². The van der Waals surface area contributed by atoms with Crippen molar-refractivity contribution in [2.75, 3.05) is 0 Å². The van der Waals surface area contributed by atoms with Gasteiger partial charge in [-0.1, -0.05) is 6.07 Å². The van der Waals surface area contributed by atoms with E-state index in [9.17, 15) is 9.59 Å². The van der Waals surface area contributed by atoms with Gasteiger partial charge in [0.15, 0.2) is 0 Å². The highest BCUT2D eigenvalue weighted by molar-refractivity contribution is 9.10. The largest absolute Gasteiger partial charge is 0.477 e. The normalized spacial score (nSPS) is 10.3. The fourth-order valence-electron chi connectivity index (χ4n) is 1.49. The Labute approximate surface area is 111 Å². The van der Waals surface area contributed by atoms with E-state index in [4.69, 9.17) is 5.11 Å². The second-order valence-electron chi connectivity index (χ2n) is 3.61. The van der Waals surface area contributed by atoms with Gasteiger partial charge in [0.2, 0.25) is 0 Å². The predicted molar refractivity (Wildman–Crippen MR) is 68.7 cm³/mol. The molecule has 2 aromatic heterocycles. The molecule has 0 aliphatic carbocycles. The molecule has 18 heavy (non-hydrogen) atoms. The van der Waals surface area contributed by atoms with Gasteiger partial charge < -0.3 is 9.67 Å². The molecule has 2 rings (SSSR count). The number of aromatic carboxylic acids is 1. The standard InChI is InChI=1S/C12H9BrN2O3/c13-9-4-2-6-15(11(9)16)7-8-3-1-5-10(14-8)12(17)18/h1-6H,7H2,(H,17,18). The van der Waals surface area contributed by atoms with Gasteiger partial charge in [0.05, 0.1) is 16.7 Å². The maximum absolute atomic E-state index is 11.8. The minimum absolute atomic E-state index is 0.0319. The minimum atomic E-state index is -1.08. The molecular weight excluding hydrogens is 300 g/mol. The highest BCUT2D eigenvalue weighted by Crippen LogP contribution is 2.04. The molecule has 0 unspecified atom stereocenters. The molecule has 0 amide bonds. The lowest BCUT2D eigenvalue weighted by Gasteiger charge is -2.05. The summed E-state index contributed by atoms with van der Waals surface area (Å²) in [7, 11) is 0. The first kappa shape index (κ1) is 12.5. The summed E-state index contributed by atoms with van der Waals surface area (Å²) in [6.07, 6.45) is 1.63. The lowest BCUT2D eigenvalue weighted by Crippen LogP contribution is -2.21. The van der Waals surface area contributed by atoms with Crippen LogP contribution in [-0.4, -0.2) is 20.6 Å². The highest BCUT2D eigenvalue weighted by atomic mass is 79.9. The van der Waals surface area contributed by atoms with Gasteiger partial charge in [-0.15, -0.1) is 0 Å². The van der Waals surface area contributed by atoms with Crippen LogP contribution in [0.5, 0.6) is 0 Å². The monoisotopic (exact) mass is 308 g/mol. The van der Waals surface area contributed by atoms with Gasteiger partial charge in [-0.2, -0.15) is 0 Å². The molecule has 0 fully saturated rings. The summed E-state index contributed by atoms with van der Waals surface area (Å²) in [6, 6.07) is 8.08. The van der Waals surface area contributed by atoms with Crippen molar-refractivity contribution < 1.29 is 9.90 Å². The molecule has 5 nitrogen and oxygen atoms in total. The molecule has 6 heteroatoms. The van der Waals surface area contributed by atoms with Crippen molar-refractivity contribution in [2.45, 2.75) is 6.54 Å². The highest BCUT2D eigenvalue weighted by Gasteiger charge is 2.06. The van der Waals surface area contributed by atoms with Gasteiger partial charge in [0.1, 0.15) is 5.69 Å². The van der Waals surface area contributed by atoms with Gasteiger partial charge in [-0.05, 0) is 40.2 Å². The van der Waals surface area contributed by atoms with Crippen molar-refractivity contribution in [3.63, 3.8) is 0 Å². The molecule has 0 saturated heterocycles. The van der Waals surface area contributed by atoms with Crippen molar-refractivity contribution in [2.24, 2.45) is 0 Å². The van der Waals surface area contributed by atoms with E-state index in [-0.39, 0.29) is 17.8 Å². The van der Waals surface area contributed by atoms with Crippen molar-refractivity contribution in [3.05, 3.63) is 62.7 Å². The second-order valence-corrected chi connectivity index (χ2v) is 4.46. The molecule has 92 valence electrons. The maximum Gasteiger partial charge on any atom is 0.354 e. The Kier molecular flexibility index (Phi) is 3.57. The van der Waals surface area contributed by atoms with E-state index in [2.05, 4.69) is 20.9 Å². The topological polar surface area (TPSA) is 72.2 Å². The number of rotatable bonds is 3. The number of carbonyl (C=O) groups is 1. The molecule has 0 aromatic carbocycles. The molecule has 0 saturated carbocycles. The molecule has 0 radical (unpaired) electrons. The average Bonchev–Trinajstić information content (AvgIpc) is 2.35. The van der Waals surface area contributed by atoms with Gasteiger partial charge in [-0.25, -0.2) is 9.78 Å². The zero-order valence-electron chi connectivity index (χ0n) is 9.21.